The summed E-state index contributed by atoms with van der Waals surface area (Å²) in [6, 6.07) is 9.60. The Balaban J connectivity index is 1.56. The minimum atomic E-state index is -1.11. The van der Waals surface area contributed by atoms with Crippen LogP contribution in [0.2, 0.25) is 5.02 Å². The minimum absolute atomic E-state index is 0.248. The number of hydrogen-bond donors (Lipinski definition) is 5. The van der Waals surface area contributed by atoms with Crippen LogP contribution in [-0.2, 0) is 4.79 Å². The fraction of sp³-hybridized carbons (Fsp3) is 0.286. The molecule has 3 aromatic rings. The molecule has 2 aliphatic rings. The lowest BCUT2D eigenvalue weighted by Gasteiger charge is -2.17. The fourth-order valence-electron chi connectivity index (χ4n) is 3.62. The molecule has 9 nitrogen and oxygen atoms in total. The summed E-state index contributed by atoms with van der Waals surface area (Å²) < 4.78 is 1.72. The van der Waals surface area contributed by atoms with Gasteiger partial charge in [-0.05, 0) is 50.0 Å². The summed E-state index contributed by atoms with van der Waals surface area (Å²) >= 11 is 6.12. The van der Waals surface area contributed by atoms with Crippen LogP contribution >= 0.6 is 11.6 Å². The van der Waals surface area contributed by atoms with Crippen LogP contribution < -0.4 is 21.3 Å². The van der Waals surface area contributed by atoms with Crippen molar-refractivity contribution in [2.45, 2.75) is 32.2 Å². The lowest BCUT2D eigenvalue weighted by Crippen LogP contribution is -2.30. The summed E-state index contributed by atoms with van der Waals surface area (Å²) in [5.74, 6) is 1.67. The van der Waals surface area contributed by atoms with Gasteiger partial charge < -0.3 is 26.4 Å². The topological polar surface area (TPSA) is 116 Å². The molecule has 10 heteroatoms. The summed E-state index contributed by atoms with van der Waals surface area (Å²) in [7, 11) is 0. The Hall–Kier alpha value is -3.30. The molecule has 1 aromatic carbocycles. The van der Waals surface area contributed by atoms with Crippen LogP contribution in [0.4, 0.5) is 17.3 Å². The van der Waals surface area contributed by atoms with Crippen LogP contribution in [-0.4, -0.2) is 38.0 Å². The molecule has 0 radical (unpaired) electrons. The second kappa shape index (κ2) is 7.75. The van der Waals surface area contributed by atoms with E-state index in [1.807, 2.05) is 30.3 Å². The van der Waals surface area contributed by atoms with Gasteiger partial charge in [0.1, 0.15) is 17.3 Å². The Morgan fingerprint density at radius 1 is 1.32 bits per heavy atom. The SMILES string of the molecule is C[C@@H](Nc1cc(Nc2cccc(Cl)c2)nc2c(/C=C3\NC(O)NC3=O)cnn12)C1CC1. The molecular weight excluding hydrogens is 418 g/mol. The molecule has 1 unspecified atom stereocenters. The zero-order valence-corrected chi connectivity index (χ0v) is 17.5. The predicted molar refractivity (Wildman–Crippen MR) is 119 cm³/mol. The number of aromatic nitrogens is 3. The van der Waals surface area contributed by atoms with E-state index in [1.165, 1.54) is 12.8 Å². The maximum Gasteiger partial charge on any atom is 0.270 e. The number of amides is 1. The van der Waals surface area contributed by atoms with Crippen molar-refractivity contribution < 1.29 is 9.90 Å². The molecule has 0 spiro atoms. The van der Waals surface area contributed by atoms with Gasteiger partial charge in [0.05, 0.1) is 6.20 Å². The smallest absolute Gasteiger partial charge is 0.270 e. The Morgan fingerprint density at radius 3 is 2.87 bits per heavy atom. The van der Waals surface area contributed by atoms with Crippen molar-refractivity contribution in [3.8, 4) is 0 Å². The van der Waals surface area contributed by atoms with E-state index in [2.05, 4.69) is 33.3 Å². The highest BCUT2D eigenvalue weighted by Gasteiger charge is 2.29. The molecule has 5 N–H and O–H groups in total. The maximum absolute atomic E-state index is 12.0. The van der Waals surface area contributed by atoms with Crippen LogP contribution in [0.3, 0.4) is 0 Å². The first-order valence-corrected chi connectivity index (χ1v) is 10.5. The van der Waals surface area contributed by atoms with E-state index >= 15 is 0 Å². The first-order valence-electron chi connectivity index (χ1n) is 10.1. The molecule has 1 aliphatic carbocycles. The number of nitrogens with one attached hydrogen (secondary N) is 4. The number of aliphatic hydroxyl groups excluding tert-OH is 1. The van der Waals surface area contributed by atoms with Gasteiger partial charge in [-0.15, -0.1) is 0 Å². The van der Waals surface area contributed by atoms with Crippen molar-refractivity contribution in [2.75, 3.05) is 10.6 Å². The zero-order chi connectivity index (χ0) is 21.5. The van der Waals surface area contributed by atoms with Crippen molar-refractivity contribution in [1.29, 1.82) is 0 Å². The highest BCUT2D eigenvalue weighted by atomic mass is 35.5. The van der Waals surface area contributed by atoms with Crippen molar-refractivity contribution in [2.24, 2.45) is 5.92 Å². The Morgan fingerprint density at radius 2 is 2.16 bits per heavy atom. The number of fused-ring (bicyclic) bond motifs is 1. The lowest BCUT2D eigenvalue weighted by molar-refractivity contribution is -0.117. The Labute approximate surface area is 183 Å². The predicted octanol–water partition coefficient (Wildman–Crippen LogP) is 2.67. The van der Waals surface area contributed by atoms with E-state index in [1.54, 1.807) is 16.8 Å². The summed E-state index contributed by atoms with van der Waals surface area (Å²) in [6.45, 7) is 2.16. The molecule has 1 aliphatic heterocycles. The fourth-order valence-corrected chi connectivity index (χ4v) is 3.81. The standard InChI is InChI=1S/C21H22ClN7O2/c1-11(12-5-6-12)24-18-9-17(25-15-4-2-3-14(22)8-15)27-19-13(10-23-29(18)19)7-16-20(30)28-21(31)26-16/h2-4,7-12,21,24,26,31H,5-6H2,1H3,(H,25,27)(H,28,30)/b16-7-/t11-,21?/m1/s1. The van der Waals surface area contributed by atoms with Crippen molar-refractivity contribution >= 4 is 46.6 Å². The van der Waals surface area contributed by atoms with E-state index in [0.717, 1.165) is 11.5 Å². The molecule has 3 heterocycles. The maximum atomic E-state index is 12.0. The molecule has 1 saturated heterocycles. The average molecular weight is 440 g/mol. The van der Waals surface area contributed by atoms with Gasteiger partial charge in [-0.25, -0.2) is 4.98 Å². The third-order valence-electron chi connectivity index (χ3n) is 5.41. The third kappa shape index (κ3) is 4.14. The number of rotatable bonds is 6. The van der Waals surface area contributed by atoms with E-state index in [0.29, 0.717) is 34.0 Å². The number of anilines is 3. The van der Waals surface area contributed by atoms with Crippen molar-refractivity contribution in [3.05, 3.63) is 52.8 Å². The molecule has 5 rings (SSSR count). The van der Waals surface area contributed by atoms with Gasteiger partial charge in [0.2, 0.25) is 6.35 Å². The molecule has 1 saturated carbocycles. The quantitative estimate of drug-likeness (QED) is 0.375. The second-order valence-corrected chi connectivity index (χ2v) is 8.28. The molecular formula is C21H22ClN7O2. The molecule has 1 amide bonds. The number of carbonyl (C=O) groups is 1. The molecule has 2 aromatic heterocycles. The van der Waals surface area contributed by atoms with E-state index in [9.17, 15) is 9.90 Å². The van der Waals surface area contributed by atoms with E-state index in [-0.39, 0.29) is 11.6 Å². The first-order chi connectivity index (χ1) is 15.0. The van der Waals surface area contributed by atoms with Crippen LogP contribution in [0.25, 0.3) is 11.7 Å². The monoisotopic (exact) mass is 439 g/mol. The lowest BCUT2D eigenvalue weighted by atomic mass is 10.2. The summed E-state index contributed by atoms with van der Waals surface area (Å²) in [5, 5.41) is 26.6. The molecule has 160 valence electrons. The van der Waals surface area contributed by atoms with Gasteiger partial charge in [-0.2, -0.15) is 9.61 Å². The first kappa shape index (κ1) is 19.7. The number of nitrogens with zero attached hydrogens (tertiary/aromatic N) is 3. The Bertz CT molecular complexity index is 1190. The van der Waals surface area contributed by atoms with Gasteiger partial charge in [-0.3, -0.25) is 4.79 Å². The number of aliphatic hydroxyl groups is 1. The normalized spacial score (nSPS) is 20.5. The number of carbonyl (C=O) groups excluding carboxylic acids is 1. The number of hydrogen-bond acceptors (Lipinski definition) is 7. The summed E-state index contributed by atoms with van der Waals surface area (Å²) in [4.78, 5) is 16.7. The molecule has 2 atom stereocenters. The average Bonchev–Trinajstić information content (AvgIpc) is 3.42. The molecule has 31 heavy (non-hydrogen) atoms. The third-order valence-corrected chi connectivity index (χ3v) is 5.64. The second-order valence-electron chi connectivity index (χ2n) is 7.85. The van der Waals surface area contributed by atoms with Crippen LogP contribution in [0.15, 0.2) is 42.2 Å². The van der Waals surface area contributed by atoms with E-state index < -0.39 is 6.35 Å². The van der Waals surface area contributed by atoms with Crippen molar-refractivity contribution in [3.63, 3.8) is 0 Å². The van der Waals surface area contributed by atoms with Crippen LogP contribution in [0, 0.1) is 5.92 Å². The van der Waals surface area contributed by atoms with Gasteiger partial charge in [0.25, 0.3) is 5.91 Å². The molecule has 0 bridgehead atoms. The number of halogens is 1. The van der Waals surface area contributed by atoms with Crippen molar-refractivity contribution in [1.82, 2.24) is 25.2 Å². The van der Waals surface area contributed by atoms with Gasteiger partial charge >= 0.3 is 0 Å². The van der Waals surface area contributed by atoms with E-state index in [4.69, 9.17) is 16.6 Å². The number of benzene rings is 1. The highest BCUT2D eigenvalue weighted by Crippen LogP contribution is 2.34. The van der Waals surface area contributed by atoms with Crippen LogP contribution in [0.1, 0.15) is 25.3 Å². The Kier molecular flexibility index (Phi) is 4.91. The summed E-state index contributed by atoms with van der Waals surface area (Å²) in [6.07, 6.45) is 4.60. The largest absolute Gasteiger partial charge is 0.367 e. The summed E-state index contributed by atoms with van der Waals surface area (Å²) in [5.41, 5.74) is 2.27. The van der Waals surface area contributed by atoms with Gasteiger partial charge in [0.15, 0.2) is 5.65 Å². The minimum Gasteiger partial charge on any atom is -0.367 e. The van der Waals surface area contributed by atoms with Gasteiger partial charge in [-0.1, -0.05) is 17.7 Å². The van der Waals surface area contributed by atoms with Gasteiger partial charge in [0, 0.05) is 28.4 Å². The van der Waals surface area contributed by atoms with Crippen LogP contribution in [0.5, 0.6) is 0 Å². The zero-order valence-electron chi connectivity index (χ0n) is 16.8. The highest BCUT2D eigenvalue weighted by molar-refractivity contribution is 6.30. The molecule has 2 fully saturated rings.